The number of carbonyl (C=O) groups is 1. The fourth-order valence-corrected chi connectivity index (χ4v) is 1.48. The maximum Gasteiger partial charge on any atom is 0.253 e. The van der Waals surface area contributed by atoms with E-state index in [1.165, 1.54) is 6.07 Å². The van der Waals surface area contributed by atoms with Gasteiger partial charge in [-0.3, -0.25) is 4.79 Å². The first-order chi connectivity index (χ1) is 5.54. The molecule has 1 aromatic rings. The first kappa shape index (κ1) is 9.48. The molecule has 1 aromatic carbocycles. The van der Waals surface area contributed by atoms with Gasteiger partial charge in [0.25, 0.3) is 5.24 Å². The summed E-state index contributed by atoms with van der Waals surface area (Å²) in [6.07, 6.45) is 0. The van der Waals surface area contributed by atoms with Crippen LogP contribution in [-0.4, -0.2) is 10.3 Å². The smallest absolute Gasteiger partial charge is 0.253 e. The number of phenolic OH excluding ortho intramolecular Hbond substituents is 1. The van der Waals surface area contributed by atoms with Crippen LogP contribution in [0.15, 0.2) is 16.6 Å². The highest BCUT2D eigenvalue weighted by molar-refractivity contribution is 9.10. The van der Waals surface area contributed by atoms with Crippen molar-refractivity contribution in [3.8, 4) is 5.75 Å². The molecule has 0 radical (unpaired) electrons. The number of halogens is 3. The number of rotatable bonds is 1. The Labute approximate surface area is 81.1 Å². The molecule has 0 saturated carbocycles. The Morgan fingerprint density at radius 3 is 2.67 bits per heavy atom. The average molecular weight is 253 g/mol. The normalized spacial score (nSPS) is 9.92. The molecule has 1 rings (SSSR count). The van der Waals surface area contributed by atoms with E-state index < -0.39 is 16.8 Å². The van der Waals surface area contributed by atoms with Crippen molar-refractivity contribution in [3.63, 3.8) is 0 Å². The van der Waals surface area contributed by atoms with Crippen LogP contribution >= 0.6 is 27.5 Å². The van der Waals surface area contributed by atoms with Crippen LogP contribution in [0.3, 0.4) is 0 Å². The molecule has 0 aliphatic carbocycles. The second-order valence-corrected chi connectivity index (χ2v) is 3.17. The predicted octanol–water partition coefficient (Wildman–Crippen LogP) is 2.67. The molecule has 1 N–H and O–H groups in total. The summed E-state index contributed by atoms with van der Waals surface area (Å²) in [4.78, 5) is 10.6. The molecule has 0 spiro atoms. The number of aromatic hydroxyl groups is 1. The third-order valence-electron chi connectivity index (χ3n) is 1.27. The summed E-state index contributed by atoms with van der Waals surface area (Å²) in [7, 11) is 0. The topological polar surface area (TPSA) is 37.3 Å². The summed E-state index contributed by atoms with van der Waals surface area (Å²) in [6, 6.07) is 2.30. The van der Waals surface area contributed by atoms with Crippen molar-refractivity contribution in [3.05, 3.63) is 28.0 Å². The summed E-state index contributed by atoms with van der Waals surface area (Å²) in [6.45, 7) is 0. The minimum absolute atomic E-state index is 0.00744. The number of benzene rings is 1. The van der Waals surface area contributed by atoms with Gasteiger partial charge in [0.1, 0.15) is 0 Å². The minimum atomic E-state index is -0.887. The van der Waals surface area contributed by atoms with Crippen LogP contribution in [0.25, 0.3) is 0 Å². The number of phenols is 1. The number of hydrogen-bond acceptors (Lipinski definition) is 2. The highest BCUT2D eigenvalue weighted by Gasteiger charge is 2.13. The lowest BCUT2D eigenvalue weighted by atomic mass is 10.2. The van der Waals surface area contributed by atoms with E-state index in [1.54, 1.807) is 0 Å². The Kier molecular flexibility index (Phi) is 2.69. The van der Waals surface area contributed by atoms with Crippen molar-refractivity contribution in [1.82, 2.24) is 0 Å². The molecule has 0 saturated heterocycles. The fourth-order valence-electron chi connectivity index (χ4n) is 0.691. The number of carbonyl (C=O) groups excluding carboxylic acids is 1. The second kappa shape index (κ2) is 3.41. The van der Waals surface area contributed by atoms with Crippen molar-refractivity contribution in [2.24, 2.45) is 0 Å². The Bertz CT molecular complexity index is 340. The zero-order valence-corrected chi connectivity index (χ0v) is 7.99. The van der Waals surface area contributed by atoms with Crippen LogP contribution < -0.4 is 0 Å². The highest BCUT2D eigenvalue weighted by atomic mass is 79.9. The first-order valence-electron chi connectivity index (χ1n) is 2.91. The van der Waals surface area contributed by atoms with E-state index in [4.69, 9.17) is 16.7 Å². The molecule has 0 unspecified atom stereocenters. The van der Waals surface area contributed by atoms with E-state index in [0.29, 0.717) is 0 Å². The lowest BCUT2D eigenvalue weighted by Crippen LogP contribution is -1.93. The molecule has 0 aliphatic rings. The van der Waals surface area contributed by atoms with Crippen molar-refractivity contribution in [2.75, 3.05) is 0 Å². The molecule has 0 bridgehead atoms. The maximum absolute atomic E-state index is 12.8. The van der Waals surface area contributed by atoms with Crippen LogP contribution in [0.5, 0.6) is 5.75 Å². The van der Waals surface area contributed by atoms with E-state index >= 15 is 0 Å². The Balaban J connectivity index is 3.36. The van der Waals surface area contributed by atoms with Gasteiger partial charge in [0.2, 0.25) is 0 Å². The molecule has 0 heterocycles. The minimum Gasteiger partial charge on any atom is -0.505 e. The van der Waals surface area contributed by atoms with Crippen LogP contribution in [0.2, 0.25) is 0 Å². The predicted molar refractivity (Wildman–Crippen MR) is 45.9 cm³/mol. The molecule has 0 amide bonds. The van der Waals surface area contributed by atoms with Crippen LogP contribution in [0, 0.1) is 5.82 Å². The largest absolute Gasteiger partial charge is 0.505 e. The third-order valence-corrected chi connectivity index (χ3v) is 2.25. The first-order valence-corrected chi connectivity index (χ1v) is 4.08. The SMILES string of the molecule is O=C(Cl)c1ccc(O)c(F)c1Br. The van der Waals surface area contributed by atoms with Crippen LogP contribution in [0.1, 0.15) is 10.4 Å². The molecule has 64 valence electrons. The van der Waals surface area contributed by atoms with Gasteiger partial charge < -0.3 is 5.11 Å². The molecule has 0 aromatic heterocycles. The second-order valence-electron chi connectivity index (χ2n) is 2.03. The van der Waals surface area contributed by atoms with Crippen LogP contribution in [-0.2, 0) is 0 Å². The van der Waals surface area contributed by atoms with Gasteiger partial charge in [-0.25, -0.2) is 4.39 Å². The maximum atomic E-state index is 12.8. The Morgan fingerprint density at radius 1 is 1.58 bits per heavy atom. The van der Waals surface area contributed by atoms with Crippen LogP contribution in [0.4, 0.5) is 4.39 Å². The van der Waals surface area contributed by atoms with E-state index in [0.717, 1.165) is 6.07 Å². The van der Waals surface area contributed by atoms with Crippen molar-refractivity contribution < 1.29 is 14.3 Å². The van der Waals surface area contributed by atoms with Gasteiger partial charge in [-0.05, 0) is 39.7 Å². The van der Waals surface area contributed by atoms with E-state index in [2.05, 4.69) is 15.9 Å². The summed E-state index contributed by atoms with van der Waals surface area (Å²) in [5.74, 6) is -1.41. The quantitative estimate of drug-likeness (QED) is 0.781. The van der Waals surface area contributed by atoms with Crippen molar-refractivity contribution >= 4 is 32.8 Å². The van der Waals surface area contributed by atoms with Gasteiger partial charge in [-0.2, -0.15) is 0 Å². The third kappa shape index (κ3) is 1.59. The average Bonchev–Trinajstić information content (AvgIpc) is 2.00. The van der Waals surface area contributed by atoms with Gasteiger partial charge in [0, 0.05) is 0 Å². The monoisotopic (exact) mass is 252 g/mol. The fraction of sp³-hybridized carbons (Fsp3) is 0. The van der Waals surface area contributed by atoms with Gasteiger partial charge in [0.15, 0.2) is 11.6 Å². The Morgan fingerprint density at radius 2 is 2.17 bits per heavy atom. The van der Waals surface area contributed by atoms with Crippen molar-refractivity contribution in [1.29, 1.82) is 0 Å². The molecule has 0 fully saturated rings. The van der Waals surface area contributed by atoms with Gasteiger partial charge in [-0.1, -0.05) is 0 Å². The molecular weight excluding hydrogens is 250 g/mol. The number of hydrogen-bond donors (Lipinski definition) is 1. The lowest BCUT2D eigenvalue weighted by Gasteiger charge is -2.01. The molecule has 0 atom stereocenters. The van der Waals surface area contributed by atoms with E-state index in [-0.39, 0.29) is 10.0 Å². The zero-order valence-electron chi connectivity index (χ0n) is 5.64. The van der Waals surface area contributed by atoms with Gasteiger partial charge in [-0.15, -0.1) is 0 Å². The highest BCUT2D eigenvalue weighted by Crippen LogP contribution is 2.28. The summed E-state index contributed by atoms with van der Waals surface area (Å²) >= 11 is 7.91. The molecule has 5 heteroatoms. The molecule has 12 heavy (non-hydrogen) atoms. The summed E-state index contributed by atoms with van der Waals surface area (Å²) in [5.41, 5.74) is -0.00744. The molecular formula is C7H3BrClFO2. The standard InChI is InChI=1S/C7H3BrClFO2/c8-5-3(7(9)12)1-2-4(11)6(5)10/h1-2,11H. The Hall–Kier alpha value is -0.610. The van der Waals surface area contributed by atoms with Crippen molar-refractivity contribution in [2.45, 2.75) is 0 Å². The summed E-state index contributed by atoms with van der Waals surface area (Å²) < 4.78 is 12.7. The van der Waals surface area contributed by atoms with Gasteiger partial charge in [0.05, 0.1) is 10.0 Å². The zero-order chi connectivity index (χ0) is 9.30. The summed E-state index contributed by atoms with van der Waals surface area (Å²) in [5, 5.41) is 8.07. The molecule has 2 nitrogen and oxygen atoms in total. The lowest BCUT2D eigenvalue weighted by molar-refractivity contribution is 0.108. The molecule has 0 aliphatic heterocycles. The van der Waals surface area contributed by atoms with E-state index in [9.17, 15) is 9.18 Å². The van der Waals surface area contributed by atoms with Gasteiger partial charge >= 0.3 is 0 Å². The van der Waals surface area contributed by atoms with E-state index in [1.807, 2.05) is 0 Å².